The number of hydrogen-bond donors (Lipinski definition) is 0. The smallest absolute Gasteiger partial charge is 0.254 e. The lowest BCUT2D eigenvalue weighted by atomic mass is 10.1. The quantitative estimate of drug-likeness (QED) is 0.703. The third-order valence-corrected chi connectivity index (χ3v) is 4.95. The first-order valence-corrected chi connectivity index (χ1v) is 9.05. The van der Waals surface area contributed by atoms with Crippen LogP contribution in [0.5, 0.6) is 0 Å². The SMILES string of the molecule is CC[C@@H]1CN(c2ccccc2)CCN1c1cc(COC)nc2ncnn12. The second-order valence-electron chi connectivity index (χ2n) is 6.55. The number of hydrogen-bond acceptors (Lipinski definition) is 6. The monoisotopic (exact) mass is 352 g/mol. The molecule has 0 aliphatic carbocycles. The summed E-state index contributed by atoms with van der Waals surface area (Å²) in [6.07, 6.45) is 2.62. The van der Waals surface area contributed by atoms with Crippen molar-refractivity contribution in [1.29, 1.82) is 0 Å². The fourth-order valence-corrected chi connectivity index (χ4v) is 3.65. The fraction of sp³-hybridized carbons (Fsp3) is 0.421. The number of fused-ring (bicyclic) bond motifs is 1. The van der Waals surface area contributed by atoms with Crippen LogP contribution in [0.4, 0.5) is 11.5 Å². The maximum absolute atomic E-state index is 5.28. The summed E-state index contributed by atoms with van der Waals surface area (Å²) in [6, 6.07) is 13.1. The average Bonchev–Trinajstić information content (AvgIpc) is 3.16. The standard InChI is InChI=1S/C19H24N6O/c1-3-16-12-23(17-7-5-4-6-8-17)9-10-24(16)18-11-15(13-26-2)22-19-20-14-21-25(18)19/h4-8,11,14,16H,3,9-10,12-13H2,1-2H3/t16-/m1/s1. The van der Waals surface area contributed by atoms with Gasteiger partial charge in [-0.3, -0.25) is 0 Å². The maximum Gasteiger partial charge on any atom is 0.254 e. The van der Waals surface area contributed by atoms with Crippen molar-refractivity contribution in [3.05, 3.63) is 48.4 Å². The number of rotatable bonds is 5. The van der Waals surface area contributed by atoms with Crippen LogP contribution in [-0.2, 0) is 11.3 Å². The van der Waals surface area contributed by atoms with Crippen LogP contribution in [-0.4, -0.2) is 52.4 Å². The summed E-state index contributed by atoms with van der Waals surface area (Å²) in [6.45, 7) is 5.59. The largest absolute Gasteiger partial charge is 0.378 e. The Labute approximate surface area is 153 Å². The van der Waals surface area contributed by atoms with E-state index >= 15 is 0 Å². The van der Waals surface area contributed by atoms with Gasteiger partial charge in [0.2, 0.25) is 0 Å². The Hall–Kier alpha value is -2.67. The van der Waals surface area contributed by atoms with Gasteiger partial charge in [-0.05, 0) is 18.6 Å². The van der Waals surface area contributed by atoms with E-state index in [1.165, 1.54) is 5.69 Å². The third kappa shape index (κ3) is 3.10. The van der Waals surface area contributed by atoms with E-state index < -0.39 is 0 Å². The van der Waals surface area contributed by atoms with Crippen LogP contribution in [0.2, 0.25) is 0 Å². The zero-order valence-electron chi connectivity index (χ0n) is 15.2. The molecule has 3 aromatic rings. The van der Waals surface area contributed by atoms with Crippen molar-refractivity contribution in [3.8, 4) is 0 Å². The molecule has 0 radical (unpaired) electrons. The zero-order valence-corrected chi connectivity index (χ0v) is 15.2. The number of anilines is 2. The van der Waals surface area contributed by atoms with Gasteiger partial charge < -0.3 is 14.5 Å². The fourth-order valence-electron chi connectivity index (χ4n) is 3.65. The Balaban J connectivity index is 1.65. The van der Waals surface area contributed by atoms with Gasteiger partial charge in [0.25, 0.3) is 5.78 Å². The van der Waals surface area contributed by atoms with Gasteiger partial charge in [-0.25, -0.2) is 4.98 Å². The van der Waals surface area contributed by atoms with Gasteiger partial charge >= 0.3 is 0 Å². The Morgan fingerprint density at radius 1 is 1.19 bits per heavy atom. The molecule has 136 valence electrons. The highest BCUT2D eigenvalue weighted by molar-refractivity contribution is 5.53. The van der Waals surface area contributed by atoms with Crippen LogP contribution in [0.1, 0.15) is 19.0 Å². The van der Waals surface area contributed by atoms with Crippen LogP contribution < -0.4 is 9.80 Å². The van der Waals surface area contributed by atoms with Crippen molar-refractivity contribution in [2.24, 2.45) is 0 Å². The third-order valence-electron chi connectivity index (χ3n) is 4.95. The predicted octanol–water partition coefficient (Wildman–Crippen LogP) is 2.38. The highest BCUT2D eigenvalue weighted by atomic mass is 16.5. The molecule has 2 aromatic heterocycles. The summed E-state index contributed by atoms with van der Waals surface area (Å²) in [5, 5.41) is 4.39. The number of piperazine rings is 1. The van der Waals surface area contributed by atoms with Crippen LogP contribution in [0.25, 0.3) is 5.78 Å². The molecule has 0 amide bonds. The second kappa shape index (κ2) is 7.29. The van der Waals surface area contributed by atoms with Crippen molar-refractivity contribution in [3.63, 3.8) is 0 Å². The predicted molar refractivity (Wildman–Crippen MR) is 102 cm³/mol. The molecule has 1 aliphatic rings. The highest BCUT2D eigenvalue weighted by Gasteiger charge is 2.28. The molecule has 1 aromatic carbocycles. The van der Waals surface area contributed by atoms with Gasteiger partial charge in [0, 0.05) is 44.5 Å². The highest BCUT2D eigenvalue weighted by Crippen LogP contribution is 2.26. The Bertz CT molecular complexity index is 865. The molecule has 7 heteroatoms. The normalized spacial score (nSPS) is 17.8. The van der Waals surface area contributed by atoms with Gasteiger partial charge in [-0.2, -0.15) is 14.6 Å². The van der Waals surface area contributed by atoms with Crippen molar-refractivity contribution in [2.75, 3.05) is 36.5 Å². The second-order valence-corrected chi connectivity index (χ2v) is 6.55. The van der Waals surface area contributed by atoms with Crippen molar-refractivity contribution >= 4 is 17.3 Å². The summed E-state index contributed by atoms with van der Waals surface area (Å²) in [7, 11) is 1.68. The summed E-state index contributed by atoms with van der Waals surface area (Å²) < 4.78 is 7.11. The lowest BCUT2D eigenvalue weighted by molar-refractivity contribution is 0.181. The lowest BCUT2D eigenvalue weighted by Gasteiger charge is -2.43. The van der Waals surface area contributed by atoms with E-state index in [-0.39, 0.29) is 0 Å². The topological polar surface area (TPSA) is 58.8 Å². The van der Waals surface area contributed by atoms with Crippen molar-refractivity contribution in [1.82, 2.24) is 19.6 Å². The molecular formula is C19H24N6O. The Morgan fingerprint density at radius 3 is 2.81 bits per heavy atom. The van der Waals surface area contributed by atoms with Crippen molar-refractivity contribution in [2.45, 2.75) is 26.0 Å². The minimum atomic E-state index is 0.397. The molecule has 3 heterocycles. The minimum Gasteiger partial charge on any atom is -0.378 e. The van der Waals surface area contributed by atoms with Crippen LogP contribution in [0.3, 0.4) is 0 Å². The summed E-state index contributed by atoms with van der Waals surface area (Å²) >= 11 is 0. The van der Waals surface area contributed by atoms with Gasteiger partial charge in [-0.1, -0.05) is 25.1 Å². The number of nitrogens with zero attached hydrogens (tertiary/aromatic N) is 6. The molecule has 1 atom stereocenters. The summed E-state index contributed by atoms with van der Waals surface area (Å²) in [4.78, 5) is 13.7. The average molecular weight is 352 g/mol. The van der Waals surface area contributed by atoms with Gasteiger partial charge in [0.15, 0.2) is 0 Å². The number of para-hydroxylation sites is 1. The number of methoxy groups -OCH3 is 1. The van der Waals surface area contributed by atoms with E-state index in [0.717, 1.165) is 37.6 Å². The molecule has 0 bridgehead atoms. The molecule has 1 saturated heterocycles. The Kier molecular flexibility index (Phi) is 4.71. The molecule has 26 heavy (non-hydrogen) atoms. The first-order valence-electron chi connectivity index (χ1n) is 9.05. The van der Waals surface area contributed by atoms with Crippen LogP contribution in [0.15, 0.2) is 42.7 Å². The van der Waals surface area contributed by atoms with Crippen LogP contribution in [0, 0.1) is 0 Å². The van der Waals surface area contributed by atoms with E-state index in [9.17, 15) is 0 Å². The van der Waals surface area contributed by atoms with Gasteiger partial charge in [-0.15, -0.1) is 0 Å². The molecule has 1 aliphatic heterocycles. The number of aromatic nitrogens is 4. The van der Waals surface area contributed by atoms with E-state index in [1.54, 1.807) is 13.4 Å². The van der Waals surface area contributed by atoms with E-state index in [2.05, 4.69) is 68.2 Å². The van der Waals surface area contributed by atoms with Gasteiger partial charge in [0.05, 0.1) is 12.3 Å². The van der Waals surface area contributed by atoms with E-state index in [0.29, 0.717) is 18.4 Å². The van der Waals surface area contributed by atoms with E-state index in [1.807, 2.05) is 4.52 Å². The minimum absolute atomic E-state index is 0.397. The maximum atomic E-state index is 5.28. The molecule has 0 N–H and O–H groups in total. The molecular weight excluding hydrogens is 328 g/mol. The first kappa shape index (κ1) is 16.8. The summed E-state index contributed by atoms with van der Waals surface area (Å²) in [5.74, 6) is 1.66. The molecule has 0 spiro atoms. The Morgan fingerprint density at radius 2 is 2.04 bits per heavy atom. The summed E-state index contributed by atoms with van der Waals surface area (Å²) in [5.41, 5.74) is 2.16. The number of benzene rings is 1. The first-order chi connectivity index (χ1) is 12.8. The van der Waals surface area contributed by atoms with Crippen molar-refractivity contribution < 1.29 is 4.74 Å². The molecule has 7 nitrogen and oxygen atoms in total. The van der Waals surface area contributed by atoms with E-state index in [4.69, 9.17) is 4.74 Å². The zero-order chi connectivity index (χ0) is 17.9. The number of ether oxygens (including phenoxy) is 1. The molecule has 4 rings (SSSR count). The van der Waals surface area contributed by atoms with Gasteiger partial charge in [0.1, 0.15) is 12.1 Å². The molecule has 0 saturated carbocycles. The lowest BCUT2D eigenvalue weighted by Crippen LogP contribution is -2.53. The molecule has 0 unspecified atom stereocenters. The van der Waals surface area contributed by atoms with Crippen LogP contribution >= 0.6 is 0 Å². The molecule has 1 fully saturated rings.